The van der Waals surface area contributed by atoms with Crippen molar-refractivity contribution >= 4 is 5.69 Å². The Morgan fingerprint density at radius 1 is 1.10 bits per heavy atom. The molecule has 0 amide bonds. The van der Waals surface area contributed by atoms with Gasteiger partial charge in [-0.05, 0) is 48.6 Å². The Bertz CT molecular complexity index is 638. The van der Waals surface area contributed by atoms with Crippen LogP contribution in [0.25, 0.3) is 0 Å². The first kappa shape index (κ1) is 13.9. The van der Waals surface area contributed by atoms with Crippen LogP contribution in [-0.2, 0) is 0 Å². The van der Waals surface area contributed by atoms with Gasteiger partial charge in [0, 0.05) is 17.8 Å². The molecule has 0 saturated heterocycles. The van der Waals surface area contributed by atoms with Crippen molar-refractivity contribution in [2.75, 3.05) is 12.4 Å². The highest BCUT2D eigenvalue weighted by Gasteiger charge is 2.30. The molecular formula is C17H17F2NO. The van der Waals surface area contributed by atoms with E-state index in [0.29, 0.717) is 12.0 Å². The summed E-state index contributed by atoms with van der Waals surface area (Å²) < 4.78 is 31.5. The molecule has 1 aliphatic rings. The molecule has 0 unspecified atom stereocenters. The topological polar surface area (TPSA) is 21.3 Å². The van der Waals surface area contributed by atoms with Crippen LogP contribution in [0.4, 0.5) is 14.5 Å². The SMILES string of the molecule is COc1cc(NC2CC(c3cccc(F)c3)C2)ccc1F. The second-order valence-electron chi connectivity index (χ2n) is 5.41. The minimum atomic E-state index is -0.366. The van der Waals surface area contributed by atoms with Crippen molar-refractivity contribution in [3.63, 3.8) is 0 Å². The van der Waals surface area contributed by atoms with E-state index in [1.54, 1.807) is 24.3 Å². The molecule has 0 spiro atoms. The molecule has 2 aromatic rings. The van der Waals surface area contributed by atoms with Crippen molar-refractivity contribution in [3.05, 3.63) is 59.7 Å². The lowest BCUT2D eigenvalue weighted by Gasteiger charge is -2.37. The molecule has 2 aromatic carbocycles. The smallest absolute Gasteiger partial charge is 0.165 e. The summed E-state index contributed by atoms with van der Waals surface area (Å²) in [4.78, 5) is 0. The molecule has 0 aliphatic heterocycles. The quantitative estimate of drug-likeness (QED) is 0.904. The van der Waals surface area contributed by atoms with Gasteiger partial charge in [-0.3, -0.25) is 0 Å². The van der Waals surface area contributed by atoms with E-state index in [0.717, 1.165) is 24.1 Å². The van der Waals surface area contributed by atoms with Gasteiger partial charge in [0.2, 0.25) is 0 Å². The van der Waals surface area contributed by atoms with Gasteiger partial charge in [-0.2, -0.15) is 0 Å². The number of benzene rings is 2. The lowest BCUT2D eigenvalue weighted by Crippen LogP contribution is -2.34. The Balaban J connectivity index is 1.60. The average molecular weight is 289 g/mol. The molecule has 21 heavy (non-hydrogen) atoms. The van der Waals surface area contributed by atoms with E-state index in [1.165, 1.54) is 19.2 Å². The molecule has 3 rings (SSSR count). The van der Waals surface area contributed by atoms with E-state index in [9.17, 15) is 8.78 Å². The largest absolute Gasteiger partial charge is 0.494 e. The Kier molecular flexibility index (Phi) is 3.78. The lowest BCUT2D eigenvalue weighted by atomic mass is 9.76. The summed E-state index contributed by atoms with van der Waals surface area (Å²) in [6.45, 7) is 0. The molecule has 1 aliphatic carbocycles. The molecule has 2 nitrogen and oxygen atoms in total. The predicted molar refractivity (Wildman–Crippen MR) is 78.7 cm³/mol. The number of halogens is 2. The molecule has 0 atom stereocenters. The Labute approximate surface area is 122 Å². The van der Waals surface area contributed by atoms with Gasteiger partial charge in [-0.15, -0.1) is 0 Å². The third-order valence-electron chi connectivity index (χ3n) is 3.98. The monoisotopic (exact) mass is 289 g/mol. The van der Waals surface area contributed by atoms with Gasteiger partial charge in [0.25, 0.3) is 0 Å². The molecule has 1 saturated carbocycles. The van der Waals surface area contributed by atoms with Gasteiger partial charge in [-0.1, -0.05) is 12.1 Å². The summed E-state index contributed by atoms with van der Waals surface area (Å²) in [5.74, 6) is 0.0722. The third kappa shape index (κ3) is 2.99. The summed E-state index contributed by atoms with van der Waals surface area (Å²) >= 11 is 0. The van der Waals surface area contributed by atoms with Gasteiger partial charge in [0.1, 0.15) is 5.82 Å². The first-order valence-electron chi connectivity index (χ1n) is 7.01. The molecule has 4 heteroatoms. The molecule has 0 bridgehead atoms. The fourth-order valence-corrected chi connectivity index (χ4v) is 2.75. The summed E-state index contributed by atoms with van der Waals surface area (Å²) in [7, 11) is 1.45. The van der Waals surface area contributed by atoms with Crippen molar-refractivity contribution in [3.8, 4) is 5.75 Å². The molecular weight excluding hydrogens is 272 g/mol. The van der Waals surface area contributed by atoms with Gasteiger partial charge >= 0.3 is 0 Å². The lowest BCUT2D eigenvalue weighted by molar-refractivity contribution is 0.371. The highest BCUT2D eigenvalue weighted by atomic mass is 19.1. The summed E-state index contributed by atoms with van der Waals surface area (Å²) in [6.07, 6.45) is 1.90. The average Bonchev–Trinajstić information content (AvgIpc) is 2.44. The van der Waals surface area contributed by atoms with Crippen molar-refractivity contribution < 1.29 is 13.5 Å². The molecule has 1 fully saturated rings. The predicted octanol–water partition coefficient (Wildman–Crippen LogP) is 4.33. The van der Waals surface area contributed by atoms with Crippen LogP contribution in [0, 0.1) is 11.6 Å². The minimum absolute atomic E-state index is 0.188. The summed E-state index contributed by atoms with van der Waals surface area (Å²) in [5, 5.41) is 3.35. The zero-order valence-corrected chi connectivity index (χ0v) is 11.8. The second kappa shape index (κ2) is 5.72. The van der Waals surface area contributed by atoms with Crippen LogP contribution < -0.4 is 10.1 Å². The minimum Gasteiger partial charge on any atom is -0.494 e. The van der Waals surface area contributed by atoms with Crippen LogP contribution in [0.1, 0.15) is 24.3 Å². The normalized spacial score (nSPS) is 20.7. The van der Waals surface area contributed by atoms with E-state index in [-0.39, 0.29) is 17.4 Å². The van der Waals surface area contributed by atoms with Crippen molar-refractivity contribution in [2.45, 2.75) is 24.8 Å². The van der Waals surface area contributed by atoms with E-state index in [1.807, 2.05) is 6.07 Å². The Morgan fingerprint density at radius 2 is 1.90 bits per heavy atom. The molecule has 0 heterocycles. The number of ether oxygens (including phenoxy) is 1. The van der Waals surface area contributed by atoms with Crippen LogP contribution >= 0.6 is 0 Å². The first-order chi connectivity index (χ1) is 10.2. The zero-order valence-electron chi connectivity index (χ0n) is 11.8. The van der Waals surface area contributed by atoms with Gasteiger partial charge in [0.05, 0.1) is 7.11 Å². The van der Waals surface area contributed by atoms with Crippen molar-refractivity contribution in [1.82, 2.24) is 0 Å². The van der Waals surface area contributed by atoms with Gasteiger partial charge in [-0.25, -0.2) is 8.78 Å². The summed E-state index contributed by atoms with van der Waals surface area (Å²) in [6, 6.07) is 11.8. The third-order valence-corrected chi connectivity index (χ3v) is 3.98. The van der Waals surface area contributed by atoms with Crippen LogP contribution in [0.5, 0.6) is 5.75 Å². The highest BCUT2D eigenvalue weighted by molar-refractivity contribution is 5.50. The number of anilines is 1. The standard InChI is InChI=1S/C17H17F2NO/c1-21-17-10-14(5-6-16(17)19)20-15-8-12(9-15)11-3-2-4-13(18)7-11/h2-7,10,12,15,20H,8-9H2,1H3. The zero-order chi connectivity index (χ0) is 14.8. The maximum Gasteiger partial charge on any atom is 0.165 e. The van der Waals surface area contributed by atoms with Crippen molar-refractivity contribution in [1.29, 1.82) is 0 Å². The van der Waals surface area contributed by atoms with Crippen LogP contribution in [-0.4, -0.2) is 13.2 Å². The van der Waals surface area contributed by atoms with E-state index in [2.05, 4.69) is 5.32 Å². The second-order valence-corrected chi connectivity index (χ2v) is 5.41. The maximum atomic E-state index is 13.3. The number of methoxy groups -OCH3 is 1. The number of hydrogen-bond acceptors (Lipinski definition) is 2. The molecule has 0 radical (unpaired) electrons. The maximum absolute atomic E-state index is 13.3. The van der Waals surface area contributed by atoms with Gasteiger partial charge < -0.3 is 10.1 Å². The first-order valence-corrected chi connectivity index (χ1v) is 7.01. The highest BCUT2D eigenvalue weighted by Crippen LogP contribution is 2.39. The fourth-order valence-electron chi connectivity index (χ4n) is 2.75. The van der Waals surface area contributed by atoms with E-state index < -0.39 is 0 Å². The Morgan fingerprint density at radius 3 is 2.62 bits per heavy atom. The summed E-state index contributed by atoms with van der Waals surface area (Å²) in [5.41, 5.74) is 1.89. The molecule has 1 N–H and O–H groups in total. The van der Waals surface area contributed by atoms with E-state index >= 15 is 0 Å². The van der Waals surface area contributed by atoms with E-state index in [4.69, 9.17) is 4.74 Å². The van der Waals surface area contributed by atoms with Crippen LogP contribution in [0.2, 0.25) is 0 Å². The van der Waals surface area contributed by atoms with Crippen LogP contribution in [0.15, 0.2) is 42.5 Å². The molecule has 0 aromatic heterocycles. The number of rotatable bonds is 4. The van der Waals surface area contributed by atoms with Crippen molar-refractivity contribution in [2.24, 2.45) is 0 Å². The fraction of sp³-hybridized carbons (Fsp3) is 0.294. The number of hydrogen-bond donors (Lipinski definition) is 1. The molecule has 110 valence electrons. The Hall–Kier alpha value is -2.10. The van der Waals surface area contributed by atoms with Gasteiger partial charge in [0.15, 0.2) is 11.6 Å². The van der Waals surface area contributed by atoms with Crippen LogP contribution in [0.3, 0.4) is 0 Å². The number of nitrogens with one attached hydrogen (secondary N) is 1.